The third kappa shape index (κ3) is 4.23. The van der Waals surface area contributed by atoms with Crippen LogP contribution < -0.4 is 4.74 Å². The molecule has 0 aliphatic carbocycles. The molecule has 0 aliphatic heterocycles. The Bertz CT molecular complexity index is 1040. The number of ether oxygens (including phenoxy) is 2. The molecular weight excluding hydrogens is 372 g/mol. The second-order valence-electron chi connectivity index (χ2n) is 6.93. The molecule has 0 unspecified atom stereocenters. The van der Waals surface area contributed by atoms with Crippen LogP contribution in [0.5, 0.6) is 5.75 Å². The highest BCUT2D eigenvalue weighted by Crippen LogP contribution is 2.22. The second kappa shape index (κ2) is 8.34. The average molecular weight is 396 g/mol. The van der Waals surface area contributed by atoms with Crippen molar-refractivity contribution < 1.29 is 23.6 Å². The SMILES string of the molecule is Cc1noc(C)c1COc1ccccc1C(=O)OCC(=O)c1cc(C)n(C)c1C. The van der Waals surface area contributed by atoms with Crippen LogP contribution >= 0.6 is 0 Å². The van der Waals surface area contributed by atoms with Crippen LogP contribution in [0.15, 0.2) is 34.9 Å². The van der Waals surface area contributed by atoms with Gasteiger partial charge in [-0.15, -0.1) is 0 Å². The molecule has 0 aliphatic rings. The molecule has 0 spiro atoms. The molecule has 0 N–H and O–H groups in total. The molecule has 29 heavy (non-hydrogen) atoms. The van der Waals surface area contributed by atoms with Gasteiger partial charge in [-0.1, -0.05) is 17.3 Å². The maximum atomic E-state index is 12.6. The van der Waals surface area contributed by atoms with Crippen LogP contribution in [-0.4, -0.2) is 28.1 Å². The first-order valence-electron chi connectivity index (χ1n) is 9.26. The predicted octanol–water partition coefficient (Wildman–Crippen LogP) is 3.87. The first-order valence-corrected chi connectivity index (χ1v) is 9.26. The molecule has 0 saturated heterocycles. The van der Waals surface area contributed by atoms with Crippen molar-refractivity contribution in [3.8, 4) is 5.75 Å². The molecule has 0 radical (unpaired) electrons. The van der Waals surface area contributed by atoms with E-state index < -0.39 is 5.97 Å². The van der Waals surface area contributed by atoms with E-state index >= 15 is 0 Å². The Morgan fingerprint density at radius 2 is 1.83 bits per heavy atom. The molecule has 2 heterocycles. The van der Waals surface area contributed by atoms with Gasteiger partial charge in [-0.25, -0.2) is 4.79 Å². The van der Waals surface area contributed by atoms with E-state index in [9.17, 15) is 9.59 Å². The summed E-state index contributed by atoms with van der Waals surface area (Å²) in [5.41, 5.74) is 4.19. The Morgan fingerprint density at radius 1 is 1.10 bits per heavy atom. The third-order valence-electron chi connectivity index (χ3n) is 5.07. The van der Waals surface area contributed by atoms with Crippen molar-refractivity contribution in [1.82, 2.24) is 9.72 Å². The van der Waals surface area contributed by atoms with E-state index in [2.05, 4.69) is 5.16 Å². The summed E-state index contributed by atoms with van der Waals surface area (Å²) >= 11 is 0. The fraction of sp³-hybridized carbons (Fsp3) is 0.318. The maximum absolute atomic E-state index is 12.6. The zero-order valence-corrected chi connectivity index (χ0v) is 17.2. The van der Waals surface area contributed by atoms with E-state index in [-0.39, 0.29) is 24.6 Å². The highest BCUT2D eigenvalue weighted by molar-refractivity contribution is 6.01. The highest BCUT2D eigenvalue weighted by atomic mass is 16.5. The van der Waals surface area contributed by atoms with Crippen molar-refractivity contribution in [2.75, 3.05) is 6.61 Å². The van der Waals surface area contributed by atoms with Gasteiger partial charge in [0.25, 0.3) is 0 Å². The Labute approximate surface area is 169 Å². The lowest BCUT2D eigenvalue weighted by atomic mass is 10.1. The lowest BCUT2D eigenvalue weighted by Crippen LogP contribution is -2.15. The van der Waals surface area contributed by atoms with Crippen molar-refractivity contribution in [2.45, 2.75) is 34.3 Å². The van der Waals surface area contributed by atoms with Crippen molar-refractivity contribution in [3.63, 3.8) is 0 Å². The molecule has 0 amide bonds. The molecule has 0 bridgehead atoms. The molecule has 7 nitrogen and oxygen atoms in total. The van der Waals surface area contributed by atoms with Crippen LogP contribution in [0.2, 0.25) is 0 Å². The second-order valence-corrected chi connectivity index (χ2v) is 6.93. The van der Waals surface area contributed by atoms with Gasteiger partial charge >= 0.3 is 5.97 Å². The first-order chi connectivity index (χ1) is 13.8. The van der Waals surface area contributed by atoms with E-state index in [1.165, 1.54) is 0 Å². The van der Waals surface area contributed by atoms with Gasteiger partial charge in [0.05, 0.1) is 11.3 Å². The predicted molar refractivity (Wildman–Crippen MR) is 106 cm³/mol. The molecular formula is C22H24N2O5. The number of carbonyl (C=O) groups excluding carboxylic acids is 2. The zero-order chi connectivity index (χ0) is 21.1. The molecule has 0 saturated carbocycles. The number of esters is 1. The minimum absolute atomic E-state index is 0.215. The minimum Gasteiger partial charge on any atom is -0.488 e. The number of aryl methyl sites for hydroxylation is 3. The van der Waals surface area contributed by atoms with Crippen LogP contribution in [0.4, 0.5) is 0 Å². The molecule has 0 fully saturated rings. The molecule has 152 valence electrons. The van der Waals surface area contributed by atoms with Gasteiger partial charge in [0.15, 0.2) is 6.61 Å². The van der Waals surface area contributed by atoms with E-state index in [4.69, 9.17) is 14.0 Å². The summed E-state index contributed by atoms with van der Waals surface area (Å²) in [6.45, 7) is 7.29. The van der Waals surface area contributed by atoms with Gasteiger partial charge < -0.3 is 18.6 Å². The van der Waals surface area contributed by atoms with E-state index in [1.54, 1.807) is 37.3 Å². The van der Waals surface area contributed by atoms with E-state index in [0.717, 1.165) is 22.6 Å². The third-order valence-corrected chi connectivity index (χ3v) is 5.07. The fourth-order valence-electron chi connectivity index (χ4n) is 3.04. The van der Waals surface area contributed by atoms with Gasteiger partial charge in [0.1, 0.15) is 23.7 Å². The number of nitrogens with zero attached hydrogens (tertiary/aromatic N) is 2. The Hall–Kier alpha value is -3.35. The smallest absolute Gasteiger partial charge is 0.342 e. The number of hydrogen-bond acceptors (Lipinski definition) is 6. The number of aromatic nitrogens is 2. The standard InChI is InChI=1S/C22H24N2O5/c1-13-10-18(15(3)24(13)5)20(25)12-28-22(26)17-8-6-7-9-21(17)27-11-19-14(2)23-29-16(19)4/h6-10H,11-12H2,1-5H3. The van der Waals surface area contributed by atoms with Gasteiger partial charge in [-0.2, -0.15) is 0 Å². The number of carbonyl (C=O) groups is 2. The quantitative estimate of drug-likeness (QED) is 0.445. The number of benzene rings is 1. The van der Waals surface area contributed by atoms with Crippen LogP contribution in [0.1, 0.15) is 49.1 Å². The zero-order valence-electron chi connectivity index (χ0n) is 17.2. The number of hydrogen-bond donors (Lipinski definition) is 0. The summed E-state index contributed by atoms with van der Waals surface area (Å²) in [5.74, 6) is 0.185. The van der Waals surface area contributed by atoms with Crippen LogP contribution in [0, 0.1) is 27.7 Å². The summed E-state index contributed by atoms with van der Waals surface area (Å²) in [7, 11) is 1.89. The monoisotopic (exact) mass is 396 g/mol. The largest absolute Gasteiger partial charge is 0.488 e. The molecule has 2 aromatic heterocycles. The Morgan fingerprint density at radius 3 is 2.45 bits per heavy atom. The van der Waals surface area contributed by atoms with Gasteiger partial charge in [-0.05, 0) is 45.9 Å². The summed E-state index contributed by atoms with van der Waals surface area (Å²) in [6.07, 6.45) is 0. The summed E-state index contributed by atoms with van der Waals surface area (Å²) in [5, 5.41) is 3.89. The summed E-state index contributed by atoms with van der Waals surface area (Å²) < 4.78 is 18.1. The number of ketones is 1. The molecule has 7 heteroatoms. The van der Waals surface area contributed by atoms with Crippen molar-refractivity contribution in [3.05, 3.63) is 69.9 Å². The Kier molecular flexibility index (Phi) is 5.87. The summed E-state index contributed by atoms with van der Waals surface area (Å²) in [6, 6.07) is 8.56. The first kappa shape index (κ1) is 20.4. The van der Waals surface area contributed by atoms with Gasteiger partial charge in [0.2, 0.25) is 5.78 Å². The Balaban J connectivity index is 1.68. The van der Waals surface area contributed by atoms with Gasteiger partial charge in [-0.3, -0.25) is 4.79 Å². The lowest BCUT2D eigenvalue weighted by Gasteiger charge is -2.11. The molecule has 0 atom stereocenters. The van der Waals surface area contributed by atoms with Crippen LogP contribution in [0.3, 0.4) is 0 Å². The minimum atomic E-state index is -0.613. The number of Topliss-reactive ketones (excluding diaryl/α,β-unsaturated/α-hetero) is 1. The normalized spacial score (nSPS) is 10.8. The van der Waals surface area contributed by atoms with Crippen molar-refractivity contribution in [1.29, 1.82) is 0 Å². The van der Waals surface area contributed by atoms with Crippen LogP contribution in [0.25, 0.3) is 0 Å². The average Bonchev–Trinajstić information content (AvgIpc) is 3.17. The van der Waals surface area contributed by atoms with E-state index in [0.29, 0.717) is 17.1 Å². The summed E-state index contributed by atoms with van der Waals surface area (Å²) in [4.78, 5) is 25.0. The van der Waals surface area contributed by atoms with Crippen molar-refractivity contribution in [2.24, 2.45) is 7.05 Å². The molecule has 3 rings (SSSR count). The fourth-order valence-corrected chi connectivity index (χ4v) is 3.04. The topological polar surface area (TPSA) is 83.6 Å². The number of rotatable bonds is 7. The molecule has 1 aromatic carbocycles. The van der Waals surface area contributed by atoms with Crippen molar-refractivity contribution >= 4 is 11.8 Å². The van der Waals surface area contributed by atoms with Gasteiger partial charge in [0, 0.05) is 24.0 Å². The molecule has 3 aromatic rings. The highest BCUT2D eigenvalue weighted by Gasteiger charge is 2.19. The maximum Gasteiger partial charge on any atom is 0.342 e. The van der Waals surface area contributed by atoms with E-state index in [1.807, 2.05) is 32.4 Å². The number of para-hydroxylation sites is 1. The lowest BCUT2D eigenvalue weighted by molar-refractivity contribution is 0.0470. The van der Waals surface area contributed by atoms with Crippen LogP contribution in [-0.2, 0) is 18.4 Å².